The van der Waals surface area contributed by atoms with E-state index >= 15 is 0 Å². The van der Waals surface area contributed by atoms with E-state index in [0.29, 0.717) is 11.5 Å². The molecule has 0 fully saturated rings. The van der Waals surface area contributed by atoms with E-state index in [2.05, 4.69) is 16.0 Å². The summed E-state index contributed by atoms with van der Waals surface area (Å²) >= 11 is 1.40. The monoisotopic (exact) mass is 407 g/mol. The van der Waals surface area contributed by atoms with Crippen LogP contribution in [0.15, 0.2) is 59.6 Å². The summed E-state index contributed by atoms with van der Waals surface area (Å²) in [4.78, 5) is 8.47. The van der Waals surface area contributed by atoms with Crippen LogP contribution in [0.3, 0.4) is 0 Å². The highest BCUT2D eigenvalue weighted by atomic mass is 32.2. The first-order chi connectivity index (χ1) is 14.0. The van der Waals surface area contributed by atoms with Crippen molar-refractivity contribution in [3.63, 3.8) is 0 Å². The van der Waals surface area contributed by atoms with Gasteiger partial charge in [-0.1, -0.05) is 0 Å². The van der Waals surface area contributed by atoms with E-state index in [1.54, 1.807) is 12.3 Å². The summed E-state index contributed by atoms with van der Waals surface area (Å²) in [6.07, 6.45) is 1.80. The van der Waals surface area contributed by atoms with Crippen LogP contribution in [0.4, 0.5) is 8.78 Å². The predicted molar refractivity (Wildman–Crippen MR) is 109 cm³/mol. The third-order valence-electron chi connectivity index (χ3n) is 4.32. The number of hydrogen-bond acceptors (Lipinski definition) is 4. The lowest BCUT2D eigenvalue weighted by Crippen LogP contribution is -1.94. The molecule has 0 aliphatic carbocycles. The zero-order valence-electron chi connectivity index (χ0n) is 15.4. The van der Waals surface area contributed by atoms with Crippen LogP contribution in [0, 0.1) is 29.9 Å². The normalized spacial score (nSPS) is 10.8. The number of halogens is 2. The van der Waals surface area contributed by atoms with E-state index in [1.807, 2.05) is 31.2 Å². The lowest BCUT2D eigenvalue weighted by atomic mass is 10.0. The molecule has 0 saturated heterocycles. The summed E-state index contributed by atoms with van der Waals surface area (Å²) in [7, 11) is 0. The molecule has 0 radical (unpaired) electrons. The van der Waals surface area contributed by atoms with Crippen molar-refractivity contribution in [1.29, 1.82) is 5.26 Å². The van der Waals surface area contributed by atoms with Gasteiger partial charge in [0.1, 0.15) is 17.2 Å². The van der Waals surface area contributed by atoms with Crippen molar-refractivity contribution in [2.45, 2.75) is 11.8 Å². The zero-order chi connectivity index (χ0) is 20.4. The van der Waals surface area contributed by atoms with Crippen molar-refractivity contribution in [3.05, 3.63) is 72.1 Å². The van der Waals surface area contributed by atoms with Gasteiger partial charge in [0.05, 0.1) is 11.8 Å². The number of aryl methyl sites for hydroxylation is 1. The molecular weight excluding hydrogens is 392 g/mol. The number of pyridine rings is 1. The van der Waals surface area contributed by atoms with Crippen molar-refractivity contribution >= 4 is 22.8 Å². The maximum atomic E-state index is 14.2. The highest BCUT2D eigenvalue weighted by Crippen LogP contribution is 2.40. The van der Waals surface area contributed by atoms with Crippen LogP contribution in [0.25, 0.3) is 22.2 Å². The van der Waals surface area contributed by atoms with Crippen LogP contribution in [0.1, 0.15) is 5.69 Å². The standard InChI is InChI=1S/C22H15F2N3OS/c1-13-10-17(16-6-8-26-22(16)27-13)18-12-15(29-9-7-25)3-5-20(18)28-21-4-2-14(23)11-19(21)24/h2-6,8,10-12H,9H2,1H3,(H,26,27). The van der Waals surface area contributed by atoms with Crippen molar-refractivity contribution in [2.24, 2.45) is 0 Å². The number of aromatic amines is 1. The molecule has 4 nitrogen and oxygen atoms in total. The molecule has 4 rings (SSSR count). The Balaban J connectivity index is 1.87. The second-order valence-corrected chi connectivity index (χ2v) is 7.38. The Kier molecular flexibility index (Phi) is 5.19. The van der Waals surface area contributed by atoms with Crippen LogP contribution in [-0.4, -0.2) is 15.7 Å². The molecule has 2 heterocycles. The van der Waals surface area contributed by atoms with Crippen molar-refractivity contribution < 1.29 is 13.5 Å². The number of thioether (sulfide) groups is 1. The molecule has 0 amide bonds. The minimum Gasteiger partial charge on any atom is -0.454 e. The van der Waals surface area contributed by atoms with Gasteiger partial charge in [-0.25, -0.2) is 13.8 Å². The Morgan fingerprint density at radius 2 is 1.90 bits per heavy atom. The van der Waals surface area contributed by atoms with Crippen LogP contribution < -0.4 is 4.74 Å². The fourth-order valence-corrected chi connectivity index (χ4v) is 3.68. The lowest BCUT2D eigenvalue weighted by Gasteiger charge is -2.15. The first-order valence-corrected chi connectivity index (χ1v) is 9.75. The van der Waals surface area contributed by atoms with E-state index in [1.165, 1.54) is 17.8 Å². The minimum atomic E-state index is -0.781. The van der Waals surface area contributed by atoms with Crippen LogP contribution in [0.2, 0.25) is 0 Å². The van der Waals surface area contributed by atoms with E-state index in [9.17, 15) is 8.78 Å². The number of hydrogen-bond donors (Lipinski definition) is 1. The largest absolute Gasteiger partial charge is 0.454 e. The quantitative estimate of drug-likeness (QED) is 0.399. The first-order valence-electron chi connectivity index (χ1n) is 8.77. The second kappa shape index (κ2) is 7.94. The summed E-state index contributed by atoms with van der Waals surface area (Å²) in [6.45, 7) is 1.89. The van der Waals surface area contributed by atoms with Gasteiger partial charge in [-0.2, -0.15) is 5.26 Å². The Hall–Kier alpha value is -3.37. The minimum absolute atomic E-state index is 0.0684. The summed E-state index contributed by atoms with van der Waals surface area (Å²) in [5, 5.41) is 9.78. The van der Waals surface area contributed by atoms with Gasteiger partial charge in [0.15, 0.2) is 11.6 Å². The third kappa shape index (κ3) is 3.93. The number of fused-ring (bicyclic) bond motifs is 1. The van der Waals surface area contributed by atoms with Gasteiger partial charge in [-0.05, 0) is 55.0 Å². The Bertz CT molecular complexity index is 1250. The van der Waals surface area contributed by atoms with Crippen molar-refractivity contribution in [1.82, 2.24) is 9.97 Å². The number of nitriles is 1. The van der Waals surface area contributed by atoms with Crippen LogP contribution >= 0.6 is 11.8 Å². The summed E-state index contributed by atoms with van der Waals surface area (Å²) in [5.74, 6) is -0.791. The van der Waals surface area contributed by atoms with Gasteiger partial charge >= 0.3 is 0 Å². The molecule has 29 heavy (non-hydrogen) atoms. The summed E-state index contributed by atoms with van der Waals surface area (Å²) in [5.41, 5.74) is 3.13. The summed E-state index contributed by atoms with van der Waals surface area (Å²) in [6, 6.07) is 14.6. The summed E-state index contributed by atoms with van der Waals surface area (Å²) < 4.78 is 33.2. The molecule has 2 aromatic carbocycles. The highest BCUT2D eigenvalue weighted by molar-refractivity contribution is 7.99. The second-order valence-electron chi connectivity index (χ2n) is 6.33. The lowest BCUT2D eigenvalue weighted by molar-refractivity contribution is 0.439. The van der Waals surface area contributed by atoms with Gasteiger partial charge in [0.2, 0.25) is 0 Å². The van der Waals surface area contributed by atoms with Gasteiger partial charge in [-0.3, -0.25) is 0 Å². The average molecular weight is 407 g/mol. The molecule has 0 saturated carbocycles. The van der Waals surface area contributed by atoms with E-state index in [4.69, 9.17) is 10.00 Å². The number of nitrogens with one attached hydrogen (secondary N) is 1. The maximum absolute atomic E-state index is 14.2. The SMILES string of the molecule is Cc1cc(-c2cc(SCC#N)ccc2Oc2ccc(F)cc2F)c2cc[nH]c2n1. The number of nitrogens with zero attached hydrogens (tertiary/aromatic N) is 2. The highest BCUT2D eigenvalue weighted by Gasteiger charge is 2.16. The molecular formula is C22H15F2N3OS. The smallest absolute Gasteiger partial charge is 0.168 e. The first kappa shape index (κ1) is 19.0. The van der Waals surface area contributed by atoms with Gasteiger partial charge in [0.25, 0.3) is 0 Å². The molecule has 0 unspecified atom stereocenters. The predicted octanol–water partition coefficient (Wildman–Crippen LogP) is 6.22. The Morgan fingerprint density at radius 3 is 2.69 bits per heavy atom. The molecule has 144 valence electrons. The van der Waals surface area contributed by atoms with Gasteiger partial charge in [-0.15, -0.1) is 11.8 Å². The fraction of sp³-hybridized carbons (Fsp3) is 0.0909. The Morgan fingerprint density at radius 1 is 1.07 bits per heavy atom. The topological polar surface area (TPSA) is 61.7 Å². The van der Waals surface area contributed by atoms with Crippen molar-refractivity contribution in [2.75, 3.05) is 5.75 Å². The van der Waals surface area contributed by atoms with Crippen molar-refractivity contribution in [3.8, 4) is 28.7 Å². The third-order valence-corrected chi connectivity index (χ3v) is 5.18. The number of benzene rings is 2. The number of rotatable bonds is 5. The van der Waals surface area contributed by atoms with E-state index < -0.39 is 11.6 Å². The number of H-pyrrole nitrogens is 1. The molecule has 0 aliphatic rings. The van der Waals surface area contributed by atoms with E-state index in [-0.39, 0.29) is 5.75 Å². The zero-order valence-corrected chi connectivity index (χ0v) is 16.2. The maximum Gasteiger partial charge on any atom is 0.168 e. The van der Waals surface area contributed by atoms with Gasteiger partial charge in [0, 0.05) is 33.8 Å². The average Bonchev–Trinajstić information content (AvgIpc) is 3.17. The number of ether oxygens (including phenoxy) is 1. The molecule has 0 atom stereocenters. The molecule has 2 aromatic heterocycles. The molecule has 0 spiro atoms. The Labute approximate surface area is 170 Å². The van der Waals surface area contributed by atoms with E-state index in [0.717, 1.165) is 44.9 Å². The molecule has 7 heteroatoms. The van der Waals surface area contributed by atoms with Crippen LogP contribution in [0.5, 0.6) is 11.5 Å². The molecule has 0 aliphatic heterocycles. The number of aromatic nitrogens is 2. The van der Waals surface area contributed by atoms with Gasteiger partial charge < -0.3 is 9.72 Å². The molecule has 1 N–H and O–H groups in total. The fourth-order valence-electron chi connectivity index (χ4n) is 3.08. The molecule has 4 aromatic rings. The molecule has 0 bridgehead atoms. The van der Waals surface area contributed by atoms with Crippen LogP contribution in [-0.2, 0) is 0 Å².